The van der Waals surface area contributed by atoms with Gasteiger partial charge in [0.2, 0.25) is 4.77 Å². The van der Waals surface area contributed by atoms with Crippen molar-refractivity contribution in [3.63, 3.8) is 0 Å². The zero-order valence-electron chi connectivity index (χ0n) is 16.9. The number of piperidine rings is 1. The molecule has 0 bridgehead atoms. The molecule has 0 spiro atoms. The van der Waals surface area contributed by atoms with Crippen LogP contribution in [0.25, 0.3) is 17.1 Å². The topological polar surface area (TPSA) is 45.7 Å². The molecular weight excluding hydrogens is 384 g/mol. The van der Waals surface area contributed by atoms with Crippen LogP contribution in [0, 0.1) is 4.77 Å². The Morgan fingerprint density at radius 1 is 0.966 bits per heavy atom. The van der Waals surface area contributed by atoms with Gasteiger partial charge in [0.25, 0.3) is 0 Å². The number of methoxy groups -OCH3 is 2. The maximum absolute atomic E-state index is 5.88. The normalized spacial score (nSPS) is 14.7. The molecule has 0 radical (unpaired) electrons. The van der Waals surface area contributed by atoms with E-state index in [1.807, 2.05) is 45.6 Å². The lowest BCUT2D eigenvalue weighted by molar-refractivity contribution is -0.928. The van der Waals surface area contributed by atoms with Crippen molar-refractivity contribution < 1.29 is 14.4 Å². The maximum Gasteiger partial charge on any atom is 0.207 e. The number of nitrogens with one attached hydrogen (secondary N) is 1. The molecule has 0 amide bonds. The fourth-order valence-electron chi connectivity index (χ4n) is 3.90. The van der Waals surface area contributed by atoms with Gasteiger partial charge in [-0.2, -0.15) is 4.68 Å². The Bertz CT molecular complexity index is 1020. The number of aromatic nitrogens is 3. The van der Waals surface area contributed by atoms with Crippen LogP contribution in [-0.2, 0) is 6.67 Å². The van der Waals surface area contributed by atoms with Crippen molar-refractivity contribution in [2.24, 2.45) is 0 Å². The van der Waals surface area contributed by atoms with Crippen LogP contribution in [0.4, 0.5) is 0 Å². The van der Waals surface area contributed by atoms with Gasteiger partial charge in [-0.1, -0.05) is 30.3 Å². The third-order valence-electron chi connectivity index (χ3n) is 5.43. The number of ether oxygens (including phenoxy) is 2. The number of likely N-dealkylation sites (tertiary alicyclic amines) is 1. The fourth-order valence-corrected chi connectivity index (χ4v) is 4.20. The Kier molecular flexibility index (Phi) is 5.97. The maximum atomic E-state index is 5.88. The minimum Gasteiger partial charge on any atom is -0.493 e. The van der Waals surface area contributed by atoms with Crippen molar-refractivity contribution in [3.8, 4) is 28.6 Å². The number of nitrogens with zero attached hydrogens (tertiary/aromatic N) is 3. The highest BCUT2D eigenvalue weighted by atomic mass is 32.1. The first kappa shape index (κ1) is 19.7. The van der Waals surface area contributed by atoms with Gasteiger partial charge < -0.3 is 14.4 Å². The van der Waals surface area contributed by atoms with Crippen molar-refractivity contribution in [3.05, 3.63) is 53.3 Å². The molecule has 152 valence electrons. The highest BCUT2D eigenvalue weighted by molar-refractivity contribution is 7.71. The van der Waals surface area contributed by atoms with E-state index in [1.165, 1.54) is 37.3 Å². The highest BCUT2D eigenvalue weighted by Gasteiger charge is 2.20. The molecule has 1 aliphatic rings. The zero-order chi connectivity index (χ0) is 20.2. The molecule has 1 fully saturated rings. The Hall–Kier alpha value is -2.64. The second-order valence-electron chi connectivity index (χ2n) is 7.32. The minimum absolute atomic E-state index is 0.667. The van der Waals surface area contributed by atoms with E-state index in [1.54, 1.807) is 14.2 Å². The summed E-state index contributed by atoms with van der Waals surface area (Å²) in [4.78, 5) is 1.53. The first-order valence-electron chi connectivity index (χ1n) is 10.0. The molecule has 0 unspecified atom stereocenters. The van der Waals surface area contributed by atoms with Gasteiger partial charge in [0.05, 0.1) is 33.0 Å². The van der Waals surface area contributed by atoms with E-state index < -0.39 is 0 Å². The molecule has 0 saturated carbocycles. The van der Waals surface area contributed by atoms with Crippen molar-refractivity contribution >= 4 is 12.2 Å². The van der Waals surface area contributed by atoms with E-state index in [-0.39, 0.29) is 0 Å². The van der Waals surface area contributed by atoms with Gasteiger partial charge in [-0.15, -0.1) is 5.10 Å². The van der Waals surface area contributed by atoms with E-state index >= 15 is 0 Å². The molecule has 3 aromatic rings. The number of hydrogen-bond acceptors (Lipinski definition) is 4. The van der Waals surface area contributed by atoms with E-state index in [4.69, 9.17) is 26.8 Å². The third-order valence-corrected chi connectivity index (χ3v) is 5.82. The largest absolute Gasteiger partial charge is 0.493 e. The molecule has 1 saturated heterocycles. The summed E-state index contributed by atoms with van der Waals surface area (Å²) in [6, 6.07) is 16.0. The molecule has 7 heteroatoms. The summed E-state index contributed by atoms with van der Waals surface area (Å²) in [5.41, 5.74) is 1.94. The fraction of sp³-hybridized carbons (Fsp3) is 0.364. The van der Waals surface area contributed by atoms with E-state index in [0.717, 1.165) is 23.7 Å². The summed E-state index contributed by atoms with van der Waals surface area (Å²) in [7, 11) is 3.28. The number of rotatable bonds is 6. The van der Waals surface area contributed by atoms with Crippen LogP contribution in [0.15, 0.2) is 48.5 Å². The summed E-state index contributed by atoms with van der Waals surface area (Å²) in [6.45, 7) is 3.14. The molecule has 1 N–H and O–H groups in total. The summed E-state index contributed by atoms with van der Waals surface area (Å²) in [5.74, 6) is 2.19. The molecule has 0 atom stereocenters. The van der Waals surface area contributed by atoms with Crippen molar-refractivity contribution in [2.45, 2.75) is 25.9 Å². The van der Waals surface area contributed by atoms with Crippen LogP contribution in [0.5, 0.6) is 11.5 Å². The third kappa shape index (κ3) is 4.06. The van der Waals surface area contributed by atoms with Gasteiger partial charge in [-0.25, -0.2) is 0 Å². The summed E-state index contributed by atoms with van der Waals surface area (Å²) in [6.07, 6.45) is 3.86. The molecule has 29 heavy (non-hydrogen) atoms. The standard InChI is InChI=1S/C22H26N4O2S/c1-27-19-12-11-18(15-20(19)28-2)26-21(17-9-5-3-6-10-17)23-25(22(26)29)16-24-13-7-4-8-14-24/h3,5-6,9-12,15H,4,7-8,13-14,16H2,1-2H3/p+1. The van der Waals surface area contributed by atoms with Crippen LogP contribution in [-0.4, -0.2) is 41.7 Å². The zero-order valence-corrected chi connectivity index (χ0v) is 17.7. The number of quaternary nitrogens is 1. The monoisotopic (exact) mass is 411 g/mol. The summed E-state index contributed by atoms with van der Waals surface area (Å²) < 4.78 is 15.6. The van der Waals surface area contributed by atoms with Crippen molar-refractivity contribution in [1.29, 1.82) is 0 Å². The van der Waals surface area contributed by atoms with Gasteiger partial charge in [0, 0.05) is 11.6 Å². The number of benzene rings is 2. The lowest BCUT2D eigenvalue weighted by Gasteiger charge is -2.22. The quantitative estimate of drug-likeness (QED) is 0.633. The predicted octanol–water partition coefficient (Wildman–Crippen LogP) is 3.11. The number of hydrogen-bond donors (Lipinski definition) is 1. The second-order valence-corrected chi connectivity index (χ2v) is 7.68. The van der Waals surface area contributed by atoms with Crippen LogP contribution >= 0.6 is 12.2 Å². The van der Waals surface area contributed by atoms with Crippen molar-refractivity contribution in [2.75, 3.05) is 27.3 Å². The first-order chi connectivity index (χ1) is 14.2. The minimum atomic E-state index is 0.667. The molecule has 0 aliphatic carbocycles. The van der Waals surface area contributed by atoms with Gasteiger partial charge >= 0.3 is 0 Å². The molecular formula is C22H27N4O2S+. The van der Waals surface area contributed by atoms with Gasteiger partial charge in [-0.05, 0) is 43.6 Å². The van der Waals surface area contributed by atoms with Crippen LogP contribution in [0.1, 0.15) is 19.3 Å². The first-order valence-corrected chi connectivity index (χ1v) is 10.4. The second kappa shape index (κ2) is 8.80. The van der Waals surface area contributed by atoms with Crippen LogP contribution < -0.4 is 14.4 Å². The smallest absolute Gasteiger partial charge is 0.207 e. The SMILES string of the molecule is COc1ccc(-n2c(-c3ccccc3)nn(C[NH+]3CCCCC3)c2=S)cc1OC. The Balaban J connectivity index is 1.82. The van der Waals surface area contributed by atoms with Gasteiger partial charge in [-0.3, -0.25) is 4.57 Å². The Labute approximate surface area is 176 Å². The van der Waals surface area contributed by atoms with Gasteiger partial charge in [0.1, 0.15) is 0 Å². The molecule has 2 aromatic carbocycles. The summed E-state index contributed by atoms with van der Waals surface area (Å²) in [5, 5.41) is 4.93. The average molecular weight is 412 g/mol. The van der Waals surface area contributed by atoms with E-state index in [9.17, 15) is 0 Å². The van der Waals surface area contributed by atoms with E-state index in [2.05, 4.69) is 12.1 Å². The van der Waals surface area contributed by atoms with Crippen LogP contribution in [0.3, 0.4) is 0 Å². The Morgan fingerprint density at radius 3 is 2.38 bits per heavy atom. The lowest BCUT2D eigenvalue weighted by atomic mass is 10.1. The van der Waals surface area contributed by atoms with Crippen LogP contribution in [0.2, 0.25) is 0 Å². The molecule has 6 nitrogen and oxygen atoms in total. The lowest BCUT2D eigenvalue weighted by Crippen LogP contribution is -3.12. The van der Waals surface area contributed by atoms with Gasteiger partial charge in [0.15, 0.2) is 24.0 Å². The molecule has 1 aromatic heterocycles. The summed E-state index contributed by atoms with van der Waals surface area (Å²) >= 11 is 5.88. The molecule has 4 rings (SSSR count). The molecule has 1 aliphatic heterocycles. The highest BCUT2D eigenvalue weighted by Crippen LogP contribution is 2.31. The average Bonchev–Trinajstić information content (AvgIpc) is 3.10. The Morgan fingerprint density at radius 2 is 1.69 bits per heavy atom. The predicted molar refractivity (Wildman–Crippen MR) is 115 cm³/mol. The molecule has 2 heterocycles. The van der Waals surface area contributed by atoms with Crippen molar-refractivity contribution in [1.82, 2.24) is 14.3 Å². The van der Waals surface area contributed by atoms with E-state index in [0.29, 0.717) is 16.3 Å².